The van der Waals surface area contributed by atoms with Crippen LogP contribution >= 0.6 is 0 Å². The maximum atomic E-state index is 12.9. The molecule has 3 rings (SSSR count). The zero-order valence-electron chi connectivity index (χ0n) is 11.4. The third kappa shape index (κ3) is 3.15. The highest BCUT2D eigenvalue weighted by Crippen LogP contribution is 2.44. The predicted molar refractivity (Wildman–Crippen MR) is 73.2 cm³/mol. The van der Waals surface area contributed by atoms with Crippen molar-refractivity contribution in [2.75, 3.05) is 6.54 Å². The Kier molecular flexibility index (Phi) is 3.35. The maximum Gasteiger partial charge on any atom is 0.123 e. The topological polar surface area (TPSA) is 32.3 Å². The molecule has 2 fully saturated rings. The second-order valence-corrected chi connectivity index (χ2v) is 6.36. The van der Waals surface area contributed by atoms with Crippen molar-refractivity contribution in [2.45, 2.75) is 44.2 Å². The molecule has 2 aliphatic rings. The molecule has 3 heteroatoms. The largest absolute Gasteiger partial charge is 0.384 e. The summed E-state index contributed by atoms with van der Waals surface area (Å²) < 4.78 is 12.9. The fourth-order valence-corrected chi connectivity index (χ4v) is 2.86. The van der Waals surface area contributed by atoms with Gasteiger partial charge in [-0.15, -0.1) is 0 Å². The van der Waals surface area contributed by atoms with Gasteiger partial charge in [0.05, 0.1) is 5.60 Å². The molecule has 0 heterocycles. The number of nitrogens with one attached hydrogen (secondary N) is 1. The lowest BCUT2D eigenvalue weighted by molar-refractivity contribution is 0.0519. The Hall–Kier alpha value is -0.930. The van der Waals surface area contributed by atoms with Gasteiger partial charge in [-0.1, -0.05) is 12.1 Å². The summed E-state index contributed by atoms with van der Waals surface area (Å²) in [7, 11) is 0. The van der Waals surface area contributed by atoms with Gasteiger partial charge in [-0.3, -0.25) is 0 Å². The van der Waals surface area contributed by atoms with Crippen molar-refractivity contribution in [3.8, 4) is 0 Å². The minimum absolute atomic E-state index is 0.263. The van der Waals surface area contributed by atoms with Crippen LogP contribution < -0.4 is 5.32 Å². The number of rotatable bonds is 6. The third-order valence-electron chi connectivity index (χ3n) is 4.41. The zero-order valence-corrected chi connectivity index (χ0v) is 11.4. The number of aliphatic hydroxyl groups is 1. The van der Waals surface area contributed by atoms with Gasteiger partial charge in [0.15, 0.2) is 0 Å². The van der Waals surface area contributed by atoms with Gasteiger partial charge in [0.1, 0.15) is 5.82 Å². The molecule has 1 atom stereocenters. The van der Waals surface area contributed by atoms with Gasteiger partial charge in [-0.05, 0) is 62.1 Å². The van der Waals surface area contributed by atoms with Crippen molar-refractivity contribution in [3.63, 3.8) is 0 Å². The SMILES string of the molecule is CC(O)(CNC(C1CC1)C1CC1)c1ccc(F)cc1. The second kappa shape index (κ2) is 4.88. The Morgan fingerprint density at radius 3 is 2.21 bits per heavy atom. The molecule has 0 aromatic heterocycles. The molecule has 1 unspecified atom stereocenters. The molecule has 2 saturated carbocycles. The van der Waals surface area contributed by atoms with E-state index in [2.05, 4.69) is 5.32 Å². The number of halogens is 1. The lowest BCUT2D eigenvalue weighted by atomic mass is 9.95. The van der Waals surface area contributed by atoms with Gasteiger partial charge in [0.2, 0.25) is 0 Å². The standard InChI is InChI=1S/C16H22FNO/c1-16(19,13-6-8-14(17)9-7-13)10-18-15(11-2-3-11)12-4-5-12/h6-9,11-12,15,18-19H,2-5,10H2,1H3. The minimum Gasteiger partial charge on any atom is -0.384 e. The Labute approximate surface area is 114 Å². The molecule has 2 N–H and O–H groups in total. The molecule has 0 amide bonds. The van der Waals surface area contributed by atoms with E-state index < -0.39 is 5.60 Å². The first-order chi connectivity index (χ1) is 9.06. The summed E-state index contributed by atoms with van der Waals surface area (Å²) in [5.41, 5.74) is -0.165. The summed E-state index contributed by atoms with van der Waals surface area (Å²) in [5, 5.41) is 14.1. The average molecular weight is 263 g/mol. The highest BCUT2D eigenvalue weighted by atomic mass is 19.1. The molecule has 2 nitrogen and oxygen atoms in total. The van der Waals surface area contributed by atoms with Crippen LogP contribution in [0.2, 0.25) is 0 Å². The van der Waals surface area contributed by atoms with E-state index in [0.29, 0.717) is 12.6 Å². The predicted octanol–water partition coefficient (Wildman–Crippen LogP) is 2.81. The lowest BCUT2D eigenvalue weighted by Gasteiger charge is -2.28. The summed E-state index contributed by atoms with van der Waals surface area (Å²) in [4.78, 5) is 0. The summed E-state index contributed by atoms with van der Waals surface area (Å²) in [6.45, 7) is 2.33. The minimum atomic E-state index is -0.935. The second-order valence-electron chi connectivity index (χ2n) is 6.36. The van der Waals surface area contributed by atoms with E-state index >= 15 is 0 Å². The quantitative estimate of drug-likeness (QED) is 0.827. The van der Waals surface area contributed by atoms with E-state index in [9.17, 15) is 9.50 Å². The lowest BCUT2D eigenvalue weighted by Crippen LogP contribution is -2.42. The van der Waals surface area contributed by atoms with Gasteiger partial charge in [-0.2, -0.15) is 0 Å². The smallest absolute Gasteiger partial charge is 0.123 e. The van der Waals surface area contributed by atoms with Gasteiger partial charge < -0.3 is 10.4 Å². The van der Waals surface area contributed by atoms with Crippen molar-refractivity contribution in [1.82, 2.24) is 5.32 Å². The Balaban J connectivity index is 1.62. The fraction of sp³-hybridized carbons (Fsp3) is 0.625. The van der Waals surface area contributed by atoms with Crippen molar-refractivity contribution >= 4 is 0 Å². The van der Waals surface area contributed by atoms with E-state index in [1.165, 1.54) is 37.8 Å². The molecule has 19 heavy (non-hydrogen) atoms. The van der Waals surface area contributed by atoms with Gasteiger partial charge in [0.25, 0.3) is 0 Å². The first-order valence-corrected chi connectivity index (χ1v) is 7.28. The van der Waals surface area contributed by atoms with Crippen molar-refractivity contribution in [2.24, 2.45) is 11.8 Å². The highest BCUT2D eigenvalue weighted by molar-refractivity contribution is 5.22. The van der Waals surface area contributed by atoms with Crippen LogP contribution in [0.5, 0.6) is 0 Å². The molecule has 0 radical (unpaired) electrons. The third-order valence-corrected chi connectivity index (χ3v) is 4.41. The van der Waals surface area contributed by atoms with Crippen LogP contribution in [0, 0.1) is 17.7 Å². The molecule has 0 saturated heterocycles. The number of benzene rings is 1. The number of hydrogen-bond donors (Lipinski definition) is 2. The summed E-state index contributed by atoms with van der Waals surface area (Å²) in [6, 6.07) is 6.72. The Morgan fingerprint density at radius 2 is 1.74 bits per heavy atom. The van der Waals surface area contributed by atoms with Crippen LogP contribution in [-0.4, -0.2) is 17.7 Å². The van der Waals surface area contributed by atoms with E-state index in [-0.39, 0.29) is 5.82 Å². The van der Waals surface area contributed by atoms with Crippen LogP contribution in [0.15, 0.2) is 24.3 Å². The van der Waals surface area contributed by atoms with Crippen LogP contribution in [0.4, 0.5) is 4.39 Å². The van der Waals surface area contributed by atoms with Gasteiger partial charge >= 0.3 is 0 Å². The molecule has 1 aromatic carbocycles. The molecule has 0 aliphatic heterocycles. The zero-order chi connectivity index (χ0) is 13.5. The first kappa shape index (κ1) is 13.1. The molecule has 0 spiro atoms. The van der Waals surface area contributed by atoms with E-state index in [1.54, 1.807) is 19.1 Å². The van der Waals surface area contributed by atoms with E-state index in [1.807, 2.05) is 0 Å². The van der Waals surface area contributed by atoms with Crippen LogP contribution in [0.3, 0.4) is 0 Å². The van der Waals surface area contributed by atoms with E-state index in [4.69, 9.17) is 0 Å². The van der Waals surface area contributed by atoms with Crippen LogP contribution in [-0.2, 0) is 5.60 Å². The average Bonchev–Trinajstić information content (AvgIpc) is 3.24. The van der Waals surface area contributed by atoms with E-state index in [0.717, 1.165) is 17.4 Å². The molecule has 2 aliphatic carbocycles. The summed E-state index contributed by atoms with van der Waals surface area (Å²) in [5.74, 6) is 1.37. The maximum absolute atomic E-state index is 12.9. The summed E-state index contributed by atoms with van der Waals surface area (Å²) >= 11 is 0. The van der Waals surface area contributed by atoms with Gasteiger partial charge in [0, 0.05) is 12.6 Å². The summed E-state index contributed by atoms with van der Waals surface area (Å²) in [6.07, 6.45) is 5.30. The van der Waals surface area contributed by atoms with Crippen molar-refractivity contribution in [1.29, 1.82) is 0 Å². The molecule has 104 valence electrons. The molecule has 0 bridgehead atoms. The fourth-order valence-electron chi connectivity index (χ4n) is 2.86. The van der Waals surface area contributed by atoms with Gasteiger partial charge in [-0.25, -0.2) is 4.39 Å². The normalized spacial score (nSPS) is 22.5. The monoisotopic (exact) mass is 263 g/mol. The molecular weight excluding hydrogens is 241 g/mol. The Bertz CT molecular complexity index is 423. The molecular formula is C16H22FNO. The first-order valence-electron chi connectivity index (χ1n) is 7.28. The van der Waals surface area contributed by atoms with Crippen molar-refractivity contribution < 1.29 is 9.50 Å². The highest BCUT2D eigenvalue weighted by Gasteiger charge is 2.41. The number of hydrogen-bond acceptors (Lipinski definition) is 2. The van der Waals surface area contributed by atoms with Crippen LogP contribution in [0.25, 0.3) is 0 Å². The van der Waals surface area contributed by atoms with Crippen molar-refractivity contribution in [3.05, 3.63) is 35.6 Å². The van der Waals surface area contributed by atoms with Crippen LogP contribution in [0.1, 0.15) is 38.2 Å². The molecule has 1 aromatic rings. The Morgan fingerprint density at radius 1 is 1.21 bits per heavy atom.